The number of carbonyl (C=O) groups is 1. The maximum Gasteiger partial charge on any atom is 0.348 e. The monoisotopic (exact) mass is 296 g/mol. The summed E-state index contributed by atoms with van der Waals surface area (Å²) < 4.78 is 36.8. The lowest BCUT2D eigenvalue weighted by molar-refractivity contribution is -0.208. The summed E-state index contributed by atoms with van der Waals surface area (Å²) in [7, 11) is 0. The summed E-state index contributed by atoms with van der Waals surface area (Å²) in [6, 6.07) is 2.84. The summed E-state index contributed by atoms with van der Waals surface area (Å²) in [6.07, 6.45) is -0.378. The Balaban J connectivity index is 2.33. The smallest absolute Gasteiger partial charge is 0.348 e. The highest BCUT2D eigenvalue weighted by Gasteiger charge is 2.37. The Hall–Kier alpha value is -2.37. The van der Waals surface area contributed by atoms with E-state index in [1.54, 1.807) is 0 Å². The van der Waals surface area contributed by atoms with Gasteiger partial charge in [0, 0.05) is 20.3 Å². The molecule has 1 aliphatic heterocycles. The maximum absolute atomic E-state index is 13.5. The fraction of sp³-hybridized carbons (Fsp3) is 0.267. The van der Waals surface area contributed by atoms with Gasteiger partial charge in [-0.3, -0.25) is 0 Å². The maximum atomic E-state index is 13.5. The molecule has 0 amide bonds. The number of hydrogen-bond acceptors (Lipinski definition) is 4. The SMILES string of the molecule is C=C1OC(C)(C)OC(=O)/C1=C(\O)Cc1cc(F)ccc1F. The van der Waals surface area contributed by atoms with Crippen molar-refractivity contribution in [2.45, 2.75) is 26.1 Å². The Labute approximate surface area is 120 Å². The molecule has 0 radical (unpaired) electrons. The van der Waals surface area contributed by atoms with E-state index in [0.29, 0.717) is 0 Å². The van der Waals surface area contributed by atoms with Crippen LogP contribution in [0.1, 0.15) is 19.4 Å². The third-order valence-electron chi connectivity index (χ3n) is 2.84. The molecule has 1 N–H and O–H groups in total. The van der Waals surface area contributed by atoms with E-state index in [0.717, 1.165) is 18.2 Å². The van der Waals surface area contributed by atoms with E-state index in [1.807, 2.05) is 0 Å². The van der Waals surface area contributed by atoms with Crippen molar-refractivity contribution in [3.8, 4) is 0 Å². The molecule has 0 spiro atoms. The van der Waals surface area contributed by atoms with Gasteiger partial charge in [-0.25, -0.2) is 13.6 Å². The fourth-order valence-corrected chi connectivity index (χ4v) is 1.98. The van der Waals surface area contributed by atoms with Gasteiger partial charge >= 0.3 is 5.97 Å². The molecule has 1 heterocycles. The van der Waals surface area contributed by atoms with Gasteiger partial charge in [0.15, 0.2) is 0 Å². The zero-order valence-electron chi connectivity index (χ0n) is 11.6. The van der Waals surface area contributed by atoms with E-state index in [-0.39, 0.29) is 23.3 Å². The van der Waals surface area contributed by atoms with Gasteiger partial charge < -0.3 is 14.6 Å². The van der Waals surface area contributed by atoms with E-state index in [1.165, 1.54) is 13.8 Å². The van der Waals surface area contributed by atoms with Crippen LogP contribution in [0.25, 0.3) is 0 Å². The van der Waals surface area contributed by atoms with Crippen molar-refractivity contribution in [1.29, 1.82) is 0 Å². The summed E-state index contributed by atoms with van der Waals surface area (Å²) in [5.74, 6) is -3.94. The van der Waals surface area contributed by atoms with Crippen LogP contribution < -0.4 is 0 Å². The van der Waals surface area contributed by atoms with Gasteiger partial charge in [0.05, 0.1) is 0 Å². The topological polar surface area (TPSA) is 55.8 Å². The van der Waals surface area contributed by atoms with Crippen LogP contribution in [0.5, 0.6) is 0 Å². The molecular weight excluding hydrogens is 282 g/mol. The molecule has 0 atom stereocenters. The van der Waals surface area contributed by atoms with Crippen molar-refractivity contribution >= 4 is 5.97 Å². The van der Waals surface area contributed by atoms with Gasteiger partial charge in [0.25, 0.3) is 0 Å². The zero-order chi connectivity index (χ0) is 15.8. The first kappa shape index (κ1) is 15.0. The lowest BCUT2D eigenvalue weighted by Crippen LogP contribution is -2.38. The fourth-order valence-electron chi connectivity index (χ4n) is 1.98. The number of ether oxygens (including phenoxy) is 2. The van der Waals surface area contributed by atoms with Crippen molar-refractivity contribution < 1.29 is 28.2 Å². The van der Waals surface area contributed by atoms with E-state index in [4.69, 9.17) is 9.47 Å². The molecule has 4 nitrogen and oxygen atoms in total. The molecule has 1 aromatic carbocycles. The van der Waals surface area contributed by atoms with Crippen LogP contribution in [0, 0.1) is 11.6 Å². The summed E-state index contributed by atoms with van der Waals surface area (Å²) >= 11 is 0. The number of aliphatic hydroxyl groups excluding tert-OH is 1. The minimum atomic E-state index is -1.19. The molecule has 0 bridgehead atoms. The number of rotatable bonds is 2. The Morgan fingerprint density at radius 1 is 1.33 bits per heavy atom. The molecule has 112 valence electrons. The van der Waals surface area contributed by atoms with Crippen LogP contribution in [0.4, 0.5) is 8.78 Å². The van der Waals surface area contributed by atoms with Crippen molar-refractivity contribution in [3.05, 3.63) is 59.1 Å². The summed E-state index contributed by atoms with van der Waals surface area (Å²) in [4.78, 5) is 11.9. The number of hydrogen-bond donors (Lipinski definition) is 1. The van der Waals surface area contributed by atoms with E-state index < -0.39 is 29.2 Å². The highest BCUT2D eigenvalue weighted by atomic mass is 19.1. The summed E-state index contributed by atoms with van der Waals surface area (Å²) in [5.41, 5.74) is -0.372. The summed E-state index contributed by atoms with van der Waals surface area (Å²) in [6.45, 7) is 6.56. The van der Waals surface area contributed by atoms with Crippen molar-refractivity contribution in [3.63, 3.8) is 0 Å². The van der Waals surface area contributed by atoms with Gasteiger partial charge in [-0.1, -0.05) is 6.58 Å². The average molecular weight is 296 g/mol. The summed E-state index contributed by atoms with van der Waals surface area (Å²) in [5, 5.41) is 10.0. The standard InChI is InChI=1S/C15H14F2O4/c1-8-13(14(19)21-15(2,3)20-8)12(18)7-9-6-10(16)4-5-11(9)17/h4-6,18H,1,7H2,2-3H3/b13-12-. The minimum Gasteiger partial charge on any atom is -0.511 e. The number of esters is 1. The van der Waals surface area contributed by atoms with Crippen molar-refractivity contribution in [1.82, 2.24) is 0 Å². The third kappa shape index (κ3) is 3.21. The number of cyclic esters (lactones) is 1. The van der Waals surface area contributed by atoms with Crippen LogP contribution in [0.3, 0.4) is 0 Å². The average Bonchev–Trinajstić information content (AvgIpc) is 2.31. The molecule has 1 saturated heterocycles. The first-order valence-corrected chi connectivity index (χ1v) is 6.17. The number of benzene rings is 1. The third-order valence-corrected chi connectivity index (χ3v) is 2.84. The second-order valence-electron chi connectivity index (χ2n) is 5.05. The van der Waals surface area contributed by atoms with Gasteiger partial charge in [-0.05, 0) is 23.8 Å². The first-order valence-electron chi connectivity index (χ1n) is 6.17. The molecule has 1 fully saturated rings. The van der Waals surface area contributed by atoms with Crippen LogP contribution in [0.2, 0.25) is 0 Å². The molecule has 1 aliphatic rings. The van der Waals surface area contributed by atoms with Crippen molar-refractivity contribution in [2.75, 3.05) is 0 Å². The molecule has 0 saturated carbocycles. The predicted octanol–water partition coefficient (Wildman–Crippen LogP) is 3.14. The normalized spacial score (nSPS) is 19.8. The molecular formula is C15H14F2O4. The van der Waals surface area contributed by atoms with Crippen LogP contribution in [-0.2, 0) is 20.7 Å². The Morgan fingerprint density at radius 2 is 2.00 bits per heavy atom. The van der Waals surface area contributed by atoms with E-state index >= 15 is 0 Å². The van der Waals surface area contributed by atoms with E-state index in [9.17, 15) is 18.7 Å². The Bertz CT molecular complexity index is 625. The Morgan fingerprint density at radius 3 is 2.62 bits per heavy atom. The number of carbonyl (C=O) groups excluding carboxylic acids is 1. The van der Waals surface area contributed by atoms with Gasteiger partial charge in [-0.15, -0.1) is 0 Å². The largest absolute Gasteiger partial charge is 0.511 e. The van der Waals surface area contributed by atoms with Gasteiger partial charge in [-0.2, -0.15) is 0 Å². The van der Waals surface area contributed by atoms with Crippen LogP contribution in [-0.4, -0.2) is 16.9 Å². The number of allylic oxidation sites excluding steroid dienone is 1. The quantitative estimate of drug-likeness (QED) is 0.517. The molecule has 2 rings (SSSR count). The highest BCUT2D eigenvalue weighted by molar-refractivity contribution is 5.94. The van der Waals surface area contributed by atoms with E-state index in [2.05, 4.69) is 6.58 Å². The zero-order valence-corrected chi connectivity index (χ0v) is 11.6. The van der Waals surface area contributed by atoms with Gasteiger partial charge in [0.1, 0.15) is 28.7 Å². The first-order chi connectivity index (χ1) is 9.69. The molecule has 0 unspecified atom stereocenters. The second kappa shape index (κ2) is 5.20. The second-order valence-corrected chi connectivity index (χ2v) is 5.05. The number of aliphatic hydroxyl groups is 1. The lowest BCUT2D eigenvalue weighted by Gasteiger charge is -2.33. The molecule has 0 aliphatic carbocycles. The number of halogens is 2. The highest BCUT2D eigenvalue weighted by Crippen LogP contribution is 2.31. The Kier molecular flexibility index (Phi) is 3.72. The van der Waals surface area contributed by atoms with Crippen LogP contribution >= 0.6 is 0 Å². The molecule has 21 heavy (non-hydrogen) atoms. The predicted molar refractivity (Wildman–Crippen MR) is 70.1 cm³/mol. The minimum absolute atomic E-state index is 0.0782. The van der Waals surface area contributed by atoms with Gasteiger partial charge in [0.2, 0.25) is 5.79 Å². The molecule has 1 aromatic rings. The van der Waals surface area contributed by atoms with Crippen LogP contribution in [0.15, 0.2) is 41.9 Å². The lowest BCUT2D eigenvalue weighted by atomic mass is 10.0. The molecule has 0 aromatic heterocycles. The molecule has 6 heteroatoms. The van der Waals surface area contributed by atoms with Crippen molar-refractivity contribution in [2.24, 2.45) is 0 Å².